The summed E-state index contributed by atoms with van der Waals surface area (Å²) in [5.74, 6) is 0.655. The van der Waals surface area contributed by atoms with Crippen LogP contribution in [-0.4, -0.2) is 18.5 Å². The van der Waals surface area contributed by atoms with Gasteiger partial charge in [0.05, 0.1) is 12.7 Å². The van der Waals surface area contributed by atoms with Crippen LogP contribution in [0.2, 0.25) is 0 Å². The summed E-state index contributed by atoms with van der Waals surface area (Å²) in [5.41, 5.74) is 0.482. The zero-order valence-electron chi connectivity index (χ0n) is 8.23. The van der Waals surface area contributed by atoms with Crippen molar-refractivity contribution >= 4 is 17.1 Å². The van der Waals surface area contributed by atoms with Crippen LogP contribution in [0.25, 0.3) is 10.8 Å². The normalized spacial score (nSPS) is 10.2. The van der Waals surface area contributed by atoms with E-state index < -0.39 is 0 Å². The van der Waals surface area contributed by atoms with Crippen molar-refractivity contribution < 1.29 is 14.6 Å². The van der Waals surface area contributed by atoms with Crippen molar-refractivity contribution in [1.82, 2.24) is 0 Å². The first kappa shape index (κ1) is 9.52. The number of ether oxygens (including phenoxy) is 1. The number of phenolic OH excluding ortho intramolecular Hbond substituents is 1. The van der Waals surface area contributed by atoms with E-state index in [1.54, 1.807) is 24.3 Å². The Morgan fingerprint density at radius 1 is 1.33 bits per heavy atom. The smallest absolute Gasteiger partial charge is 0.153 e. The Balaban J connectivity index is 2.81. The van der Waals surface area contributed by atoms with Gasteiger partial charge >= 0.3 is 0 Å². The number of hydrogen-bond acceptors (Lipinski definition) is 3. The molecule has 0 spiro atoms. The molecule has 0 aliphatic heterocycles. The maximum Gasteiger partial charge on any atom is 0.153 e. The molecule has 0 atom stereocenters. The van der Waals surface area contributed by atoms with Crippen molar-refractivity contribution in [1.29, 1.82) is 0 Å². The molecule has 0 aliphatic rings. The number of aldehydes is 1. The van der Waals surface area contributed by atoms with Crippen LogP contribution in [0.4, 0.5) is 0 Å². The summed E-state index contributed by atoms with van der Waals surface area (Å²) in [4.78, 5) is 10.8. The second kappa shape index (κ2) is 3.61. The molecular formula is C12H10O3. The first-order valence-electron chi connectivity index (χ1n) is 4.51. The molecule has 3 heteroatoms. The van der Waals surface area contributed by atoms with Crippen molar-refractivity contribution in [3.05, 3.63) is 35.9 Å². The first-order chi connectivity index (χ1) is 7.26. The highest BCUT2D eigenvalue weighted by Crippen LogP contribution is 2.30. The molecule has 0 unspecified atom stereocenters. The molecule has 0 saturated carbocycles. The van der Waals surface area contributed by atoms with Gasteiger partial charge in [-0.05, 0) is 23.6 Å². The standard InChI is InChI=1S/C12H10O3/c1-15-12-6-10-8(5-9(12)7-13)3-2-4-11(10)14/h2-7,14H,1H3. The van der Waals surface area contributed by atoms with Crippen LogP contribution < -0.4 is 4.74 Å². The Morgan fingerprint density at radius 3 is 2.80 bits per heavy atom. The van der Waals surface area contributed by atoms with Gasteiger partial charge in [0.15, 0.2) is 6.29 Å². The second-order valence-electron chi connectivity index (χ2n) is 3.21. The molecule has 0 aromatic heterocycles. The maximum absolute atomic E-state index is 10.8. The fourth-order valence-corrected chi connectivity index (χ4v) is 1.58. The van der Waals surface area contributed by atoms with Crippen LogP contribution in [0.15, 0.2) is 30.3 Å². The van der Waals surface area contributed by atoms with Gasteiger partial charge in [-0.2, -0.15) is 0 Å². The van der Waals surface area contributed by atoms with Crippen LogP contribution in [0.3, 0.4) is 0 Å². The van der Waals surface area contributed by atoms with Gasteiger partial charge in [-0.15, -0.1) is 0 Å². The van der Waals surface area contributed by atoms with Gasteiger partial charge in [-0.1, -0.05) is 12.1 Å². The van der Waals surface area contributed by atoms with Gasteiger partial charge in [-0.3, -0.25) is 4.79 Å². The third-order valence-corrected chi connectivity index (χ3v) is 2.33. The lowest BCUT2D eigenvalue weighted by Gasteiger charge is -2.06. The number of aromatic hydroxyl groups is 1. The number of hydrogen-bond donors (Lipinski definition) is 1. The van der Waals surface area contributed by atoms with Gasteiger partial charge in [0.25, 0.3) is 0 Å². The van der Waals surface area contributed by atoms with Crippen molar-refractivity contribution in [2.45, 2.75) is 0 Å². The largest absolute Gasteiger partial charge is 0.507 e. The van der Waals surface area contributed by atoms with Crippen molar-refractivity contribution in [2.24, 2.45) is 0 Å². The highest BCUT2D eigenvalue weighted by molar-refractivity contribution is 5.95. The van der Waals surface area contributed by atoms with Crippen LogP contribution in [0.1, 0.15) is 10.4 Å². The van der Waals surface area contributed by atoms with Crippen molar-refractivity contribution in [2.75, 3.05) is 7.11 Å². The van der Waals surface area contributed by atoms with E-state index >= 15 is 0 Å². The molecule has 2 aromatic rings. The Hall–Kier alpha value is -2.03. The summed E-state index contributed by atoms with van der Waals surface area (Å²) < 4.78 is 5.06. The fourth-order valence-electron chi connectivity index (χ4n) is 1.58. The average molecular weight is 202 g/mol. The molecule has 0 saturated heterocycles. The minimum absolute atomic E-state index is 0.184. The monoisotopic (exact) mass is 202 g/mol. The third-order valence-electron chi connectivity index (χ3n) is 2.33. The Labute approximate surface area is 86.9 Å². The third kappa shape index (κ3) is 1.52. The topological polar surface area (TPSA) is 46.5 Å². The Bertz CT molecular complexity index is 518. The predicted octanol–water partition coefficient (Wildman–Crippen LogP) is 2.37. The van der Waals surface area contributed by atoms with Crippen LogP contribution >= 0.6 is 0 Å². The van der Waals surface area contributed by atoms with Crippen LogP contribution in [0, 0.1) is 0 Å². The molecule has 0 heterocycles. The lowest BCUT2D eigenvalue weighted by Crippen LogP contribution is -1.90. The van der Waals surface area contributed by atoms with Gasteiger partial charge in [0, 0.05) is 5.39 Å². The number of benzene rings is 2. The number of phenols is 1. The SMILES string of the molecule is COc1cc2c(O)cccc2cc1C=O. The van der Waals surface area contributed by atoms with E-state index in [0.29, 0.717) is 16.7 Å². The van der Waals surface area contributed by atoms with E-state index in [1.807, 2.05) is 6.07 Å². The van der Waals surface area contributed by atoms with E-state index in [1.165, 1.54) is 7.11 Å². The molecule has 0 aliphatic carbocycles. The summed E-state index contributed by atoms with van der Waals surface area (Å²) in [7, 11) is 1.49. The number of rotatable bonds is 2. The first-order valence-corrected chi connectivity index (χ1v) is 4.51. The summed E-state index contributed by atoms with van der Waals surface area (Å²) in [5, 5.41) is 11.1. The van der Waals surface area contributed by atoms with Gasteiger partial charge in [-0.25, -0.2) is 0 Å². The van der Waals surface area contributed by atoms with Gasteiger partial charge < -0.3 is 9.84 Å². The molecule has 0 amide bonds. The number of fused-ring (bicyclic) bond motifs is 1. The number of carbonyl (C=O) groups excluding carboxylic acids is 1. The van der Waals surface area contributed by atoms with Gasteiger partial charge in [0.1, 0.15) is 11.5 Å². The van der Waals surface area contributed by atoms with E-state index in [-0.39, 0.29) is 5.75 Å². The summed E-state index contributed by atoms with van der Waals surface area (Å²) in [6.45, 7) is 0. The summed E-state index contributed by atoms with van der Waals surface area (Å²) in [6, 6.07) is 8.53. The maximum atomic E-state index is 10.8. The lowest BCUT2D eigenvalue weighted by atomic mass is 10.1. The quantitative estimate of drug-likeness (QED) is 0.760. The second-order valence-corrected chi connectivity index (χ2v) is 3.21. The molecule has 0 radical (unpaired) electrons. The Kier molecular flexibility index (Phi) is 2.29. The molecule has 15 heavy (non-hydrogen) atoms. The van der Waals surface area contributed by atoms with Crippen LogP contribution in [0.5, 0.6) is 11.5 Å². The van der Waals surface area contributed by atoms with E-state index in [2.05, 4.69) is 0 Å². The molecule has 2 rings (SSSR count). The van der Waals surface area contributed by atoms with E-state index in [9.17, 15) is 9.90 Å². The zero-order valence-corrected chi connectivity index (χ0v) is 8.23. The minimum atomic E-state index is 0.184. The molecule has 76 valence electrons. The molecule has 0 bridgehead atoms. The Morgan fingerprint density at radius 2 is 2.13 bits per heavy atom. The molecule has 2 aromatic carbocycles. The van der Waals surface area contributed by atoms with Gasteiger partial charge in [0.2, 0.25) is 0 Å². The molecule has 0 fully saturated rings. The lowest BCUT2D eigenvalue weighted by molar-refractivity contribution is 0.112. The summed E-state index contributed by atoms with van der Waals surface area (Å²) in [6.07, 6.45) is 0.738. The van der Waals surface area contributed by atoms with Crippen molar-refractivity contribution in [3.8, 4) is 11.5 Å². The van der Waals surface area contributed by atoms with Crippen molar-refractivity contribution in [3.63, 3.8) is 0 Å². The highest BCUT2D eigenvalue weighted by atomic mass is 16.5. The number of carbonyl (C=O) groups is 1. The van der Waals surface area contributed by atoms with Crippen LogP contribution in [-0.2, 0) is 0 Å². The minimum Gasteiger partial charge on any atom is -0.507 e. The highest BCUT2D eigenvalue weighted by Gasteiger charge is 2.06. The molecule has 3 nitrogen and oxygen atoms in total. The predicted molar refractivity (Wildman–Crippen MR) is 57.6 cm³/mol. The zero-order chi connectivity index (χ0) is 10.8. The summed E-state index contributed by atoms with van der Waals surface area (Å²) >= 11 is 0. The number of methoxy groups -OCH3 is 1. The fraction of sp³-hybridized carbons (Fsp3) is 0.0833. The molecule has 1 N–H and O–H groups in total. The van der Waals surface area contributed by atoms with E-state index in [0.717, 1.165) is 11.7 Å². The van der Waals surface area contributed by atoms with E-state index in [4.69, 9.17) is 4.74 Å². The molecular weight excluding hydrogens is 192 g/mol. The average Bonchev–Trinajstić information content (AvgIpc) is 2.28.